The molecule has 3 heterocycles. The van der Waals surface area contributed by atoms with Crippen molar-refractivity contribution in [3.8, 4) is 11.4 Å². The van der Waals surface area contributed by atoms with Crippen LogP contribution < -0.4 is 10.1 Å². The minimum atomic E-state index is -0.435. The first-order chi connectivity index (χ1) is 17.7. The second-order valence-electron chi connectivity index (χ2n) is 9.12. The van der Waals surface area contributed by atoms with E-state index in [0.717, 1.165) is 34.0 Å². The molecular weight excluding hydrogens is 497 g/mol. The number of benzene rings is 2. The first kappa shape index (κ1) is 24.7. The SMILES string of the molecule is Cc1cc(Cl)c(COc2cccc3c(-n4cc(F)cn4)cc(C)nc23)c([C@H](C)N2CC(=O)NCC2=O)c1. The van der Waals surface area contributed by atoms with Crippen LogP contribution in [0.1, 0.15) is 35.3 Å². The molecule has 1 saturated heterocycles. The molecule has 0 saturated carbocycles. The fourth-order valence-electron chi connectivity index (χ4n) is 4.64. The summed E-state index contributed by atoms with van der Waals surface area (Å²) in [6, 6.07) is 10.8. The van der Waals surface area contributed by atoms with E-state index in [1.54, 1.807) is 4.90 Å². The van der Waals surface area contributed by atoms with Gasteiger partial charge in [0.25, 0.3) is 0 Å². The number of hydrogen-bond acceptors (Lipinski definition) is 5. The van der Waals surface area contributed by atoms with Crippen molar-refractivity contribution in [2.45, 2.75) is 33.4 Å². The third kappa shape index (κ3) is 4.86. The maximum atomic E-state index is 13.7. The number of aryl methyl sites for hydroxylation is 2. The number of carbonyl (C=O) groups is 2. The third-order valence-corrected chi connectivity index (χ3v) is 6.78. The molecule has 37 heavy (non-hydrogen) atoms. The molecule has 2 aromatic carbocycles. The lowest BCUT2D eigenvalue weighted by molar-refractivity contribution is -0.142. The summed E-state index contributed by atoms with van der Waals surface area (Å²) >= 11 is 6.67. The Morgan fingerprint density at radius 2 is 2.03 bits per heavy atom. The van der Waals surface area contributed by atoms with Crippen molar-refractivity contribution < 1.29 is 18.7 Å². The number of rotatable bonds is 6. The minimum absolute atomic E-state index is 0.0187. The molecule has 2 amide bonds. The van der Waals surface area contributed by atoms with Crippen molar-refractivity contribution in [3.05, 3.63) is 82.0 Å². The van der Waals surface area contributed by atoms with Crippen LogP contribution >= 0.6 is 11.6 Å². The lowest BCUT2D eigenvalue weighted by Crippen LogP contribution is -2.52. The highest BCUT2D eigenvalue weighted by Crippen LogP contribution is 2.34. The van der Waals surface area contributed by atoms with Crippen molar-refractivity contribution in [2.75, 3.05) is 13.1 Å². The number of hydrogen-bond donors (Lipinski definition) is 1. The molecule has 0 radical (unpaired) electrons. The highest BCUT2D eigenvalue weighted by molar-refractivity contribution is 6.31. The summed E-state index contributed by atoms with van der Waals surface area (Å²) < 4.78 is 21.4. The zero-order chi connectivity index (χ0) is 26.3. The Morgan fingerprint density at radius 3 is 2.78 bits per heavy atom. The zero-order valence-corrected chi connectivity index (χ0v) is 21.3. The molecule has 1 aliphatic rings. The Balaban J connectivity index is 1.51. The second kappa shape index (κ2) is 9.82. The molecule has 0 unspecified atom stereocenters. The Morgan fingerprint density at radius 1 is 1.22 bits per heavy atom. The number of nitrogens with one attached hydrogen (secondary N) is 1. The van der Waals surface area contributed by atoms with E-state index in [9.17, 15) is 14.0 Å². The van der Waals surface area contributed by atoms with Gasteiger partial charge >= 0.3 is 0 Å². The van der Waals surface area contributed by atoms with Gasteiger partial charge in [-0.25, -0.2) is 14.1 Å². The summed E-state index contributed by atoms with van der Waals surface area (Å²) in [7, 11) is 0. The number of pyridine rings is 1. The van der Waals surface area contributed by atoms with E-state index in [0.29, 0.717) is 22.0 Å². The summed E-state index contributed by atoms with van der Waals surface area (Å²) in [5, 5.41) is 7.94. The van der Waals surface area contributed by atoms with E-state index in [2.05, 4.69) is 15.4 Å². The Labute approximate surface area is 218 Å². The molecule has 1 aliphatic heterocycles. The fraction of sp³-hybridized carbons (Fsp3) is 0.259. The largest absolute Gasteiger partial charge is 0.487 e. The van der Waals surface area contributed by atoms with Crippen molar-refractivity contribution in [1.29, 1.82) is 0 Å². The third-order valence-electron chi connectivity index (χ3n) is 6.44. The molecule has 190 valence electrons. The maximum absolute atomic E-state index is 13.7. The average Bonchev–Trinajstić information content (AvgIpc) is 3.29. The van der Waals surface area contributed by atoms with Gasteiger partial charge in [-0.15, -0.1) is 0 Å². The number of halogens is 2. The zero-order valence-electron chi connectivity index (χ0n) is 20.6. The molecule has 10 heteroatoms. The van der Waals surface area contributed by atoms with Gasteiger partial charge in [0.2, 0.25) is 11.8 Å². The monoisotopic (exact) mass is 521 g/mol. The van der Waals surface area contributed by atoms with Crippen LogP contribution in [0.2, 0.25) is 5.02 Å². The van der Waals surface area contributed by atoms with Crippen molar-refractivity contribution in [1.82, 2.24) is 25.0 Å². The second-order valence-corrected chi connectivity index (χ2v) is 9.52. The van der Waals surface area contributed by atoms with Gasteiger partial charge in [-0.05, 0) is 50.1 Å². The van der Waals surface area contributed by atoms with Crippen LogP contribution in [0.25, 0.3) is 16.6 Å². The van der Waals surface area contributed by atoms with Gasteiger partial charge in [-0.3, -0.25) is 9.59 Å². The quantitative estimate of drug-likeness (QED) is 0.405. The van der Waals surface area contributed by atoms with E-state index in [-0.39, 0.29) is 37.6 Å². The van der Waals surface area contributed by atoms with Gasteiger partial charge in [-0.2, -0.15) is 5.10 Å². The number of aromatic nitrogens is 3. The predicted molar refractivity (Wildman–Crippen MR) is 137 cm³/mol. The maximum Gasteiger partial charge on any atom is 0.242 e. The van der Waals surface area contributed by atoms with E-state index >= 15 is 0 Å². The smallest absolute Gasteiger partial charge is 0.242 e. The Bertz CT molecular complexity index is 1540. The molecule has 5 rings (SSSR count). The van der Waals surface area contributed by atoms with Crippen molar-refractivity contribution in [3.63, 3.8) is 0 Å². The molecular formula is C27H25ClFN5O3. The molecule has 8 nitrogen and oxygen atoms in total. The van der Waals surface area contributed by atoms with E-state index in [4.69, 9.17) is 16.3 Å². The minimum Gasteiger partial charge on any atom is -0.487 e. The summed E-state index contributed by atoms with van der Waals surface area (Å²) in [6.07, 6.45) is 2.46. The number of fused-ring (bicyclic) bond motifs is 1. The van der Waals surface area contributed by atoms with Crippen LogP contribution in [0.5, 0.6) is 5.75 Å². The lowest BCUT2D eigenvalue weighted by Gasteiger charge is -2.33. The highest BCUT2D eigenvalue weighted by Gasteiger charge is 2.30. The first-order valence-corrected chi connectivity index (χ1v) is 12.2. The molecule has 1 atom stereocenters. The van der Waals surface area contributed by atoms with E-state index < -0.39 is 5.82 Å². The summed E-state index contributed by atoms with van der Waals surface area (Å²) in [5.41, 5.74) is 4.47. The standard InChI is InChI=1S/C27H25ClFN5O3/c1-15-7-20(17(3)33-13-25(35)30-11-26(33)36)21(22(28)8-15)14-37-24-6-4-5-19-23(9-16(2)32-27(19)24)34-12-18(29)10-31-34/h4-10,12,17H,11,13-14H2,1-3H3,(H,30,35)/t17-/m0/s1. The van der Waals surface area contributed by atoms with Crippen LogP contribution in [0, 0.1) is 19.7 Å². The lowest BCUT2D eigenvalue weighted by atomic mass is 9.97. The Kier molecular flexibility index (Phi) is 6.55. The predicted octanol–water partition coefficient (Wildman–Crippen LogP) is 4.43. The van der Waals surface area contributed by atoms with Crippen LogP contribution in [0.3, 0.4) is 0 Å². The van der Waals surface area contributed by atoms with Gasteiger partial charge in [0.1, 0.15) is 24.4 Å². The van der Waals surface area contributed by atoms with Gasteiger partial charge in [0.05, 0.1) is 30.7 Å². The number of nitrogens with zero attached hydrogens (tertiary/aromatic N) is 4. The number of piperazine rings is 1. The van der Waals surface area contributed by atoms with Gasteiger partial charge in [0, 0.05) is 21.7 Å². The van der Waals surface area contributed by atoms with Crippen LogP contribution in [-0.2, 0) is 16.2 Å². The number of carbonyl (C=O) groups excluding carboxylic acids is 2. The molecule has 0 spiro atoms. The first-order valence-electron chi connectivity index (χ1n) is 11.8. The van der Waals surface area contributed by atoms with Crippen molar-refractivity contribution in [2.24, 2.45) is 0 Å². The topological polar surface area (TPSA) is 89.3 Å². The van der Waals surface area contributed by atoms with Gasteiger partial charge < -0.3 is 15.0 Å². The summed E-state index contributed by atoms with van der Waals surface area (Å²) in [5.74, 6) is -0.268. The molecule has 2 aromatic heterocycles. The van der Waals surface area contributed by atoms with Crippen LogP contribution in [0.15, 0.2) is 48.8 Å². The van der Waals surface area contributed by atoms with E-state index in [1.807, 2.05) is 57.2 Å². The fourth-order valence-corrected chi connectivity index (χ4v) is 4.97. The molecule has 0 bridgehead atoms. The van der Waals surface area contributed by atoms with Crippen LogP contribution in [0.4, 0.5) is 4.39 Å². The molecule has 1 N–H and O–H groups in total. The molecule has 4 aromatic rings. The van der Waals surface area contributed by atoms with Gasteiger partial charge in [-0.1, -0.05) is 29.8 Å². The highest BCUT2D eigenvalue weighted by atomic mass is 35.5. The normalized spacial score (nSPS) is 14.7. The number of amides is 2. The molecule has 1 fully saturated rings. The number of ether oxygens (including phenoxy) is 1. The van der Waals surface area contributed by atoms with Crippen molar-refractivity contribution >= 4 is 34.3 Å². The Hall–Kier alpha value is -3.98. The molecule has 0 aliphatic carbocycles. The summed E-state index contributed by atoms with van der Waals surface area (Å²) in [6.45, 7) is 5.72. The average molecular weight is 522 g/mol. The van der Waals surface area contributed by atoms with Crippen LogP contribution in [-0.4, -0.2) is 44.6 Å². The van der Waals surface area contributed by atoms with E-state index in [1.165, 1.54) is 10.9 Å². The van der Waals surface area contributed by atoms with Gasteiger partial charge in [0.15, 0.2) is 5.82 Å². The number of para-hydroxylation sites is 1. The summed E-state index contributed by atoms with van der Waals surface area (Å²) in [4.78, 5) is 30.8.